The summed E-state index contributed by atoms with van der Waals surface area (Å²) >= 11 is 0. The summed E-state index contributed by atoms with van der Waals surface area (Å²) in [5.41, 5.74) is 6.28. The Labute approximate surface area is 169 Å². The van der Waals surface area contributed by atoms with Crippen LogP contribution in [0, 0.1) is 6.92 Å². The van der Waals surface area contributed by atoms with Crippen molar-refractivity contribution >= 4 is 5.70 Å². The molecule has 0 saturated carbocycles. The zero-order chi connectivity index (χ0) is 20.4. The highest BCUT2D eigenvalue weighted by atomic mass is 16.4. The van der Waals surface area contributed by atoms with Gasteiger partial charge in [-0.15, -0.1) is 10.2 Å². The second-order valence-electron chi connectivity index (χ2n) is 6.99. The predicted octanol–water partition coefficient (Wildman–Crippen LogP) is 4.70. The summed E-state index contributed by atoms with van der Waals surface area (Å²) in [6, 6.07) is 16.0. The van der Waals surface area contributed by atoms with Crippen molar-refractivity contribution in [3.63, 3.8) is 0 Å². The van der Waals surface area contributed by atoms with Crippen LogP contribution in [0.3, 0.4) is 0 Å². The van der Waals surface area contributed by atoms with Gasteiger partial charge >= 0.3 is 0 Å². The molecule has 6 nitrogen and oxygen atoms in total. The molecule has 0 aliphatic heterocycles. The van der Waals surface area contributed by atoms with Crippen LogP contribution >= 0.6 is 0 Å². The van der Waals surface area contributed by atoms with Crippen LogP contribution < -0.4 is 0 Å². The Hall–Kier alpha value is -3.80. The first-order chi connectivity index (χ1) is 14.0. The van der Waals surface area contributed by atoms with Crippen LogP contribution in [-0.2, 0) is 0 Å². The van der Waals surface area contributed by atoms with E-state index in [2.05, 4.69) is 26.7 Å². The van der Waals surface area contributed by atoms with Crippen molar-refractivity contribution in [2.75, 3.05) is 14.1 Å². The summed E-state index contributed by atoms with van der Waals surface area (Å²) in [6.07, 6.45) is 3.34. The van der Waals surface area contributed by atoms with Gasteiger partial charge in [-0.25, -0.2) is 4.98 Å². The lowest BCUT2D eigenvalue weighted by Gasteiger charge is -2.15. The highest BCUT2D eigenvalue weighted by Gasteiger charge is 2.13. The van der Waals surface area contributed by atoms with Crippen molar-refractivity contribution in [3.8, 4) is 34.3 Å². The van der Waals surface area contributed by atoms with Gasteiger partial charge in [0.1, 0.15) is 5.69 Å². The van der Waals surface area contributed by atoms with E-state index in [9.17, 15) is 0 Å². The molecule has 4 aromatic rings. The molecule has 0 aliphatic carbocycles. The van der Waals surface area contributed by atoms with Gasteiger partial charge in [-0.1, -0.05) is 48.5 Å². The third-order valence-corrected chi connectivity index (χ3v) is 4.63. The molecule has 4 rings (SSSR count). The van der Waals surface area contributed by atoms with E-state index in [1.165, 1.54) is 5.56 Å². The zero-order valence-electron chi connectivity index (χ0n) is 16.6. The molecule has 2 heterocycles. The molecule has 0 aliphatic rings. The first-order valence-electron chi connectivity index (χ1n) is 9.21. The fourth-order valence-electron chi connectivity index (χ4n) is 2.84. The van der Waals surface area contributed by atoms with Gasteiger partial charge in [-0.2, -0.15) is 0 Å². The normalized spacial score (nSPS) is 10.7. The van der Waals surface area contributed by atoms with Crippen molar-refractivity contribution < 1.29 is 4.42 Å². The molecule has 0 fully saturated rings. The molecule has 29 heavy (non-hydrogen) atoms. The lowest BCUT2D eigenvalue weighted by Crippen LogP contribution is -2.08. The Kier molecular flexibility index (Phi) is 4.91. The van der Waals surface area contributed by atoms with Gasteiger partial charge in [0.05, 0.1) is 18.1 Å². The van der Waals surface area contributed by atoms with Crippen LogP contribution in [0.25, 0.3) is 40.0 Å². The average molecular weight is 383 g/mol. The number of aryl methyl sites for hydroxylation is 1. The fourth-order valence-corrected chi connectivity index (χ4v) is 2.84. The Morgan fingerprint density at radius 2 is 1.45 bits per heavy atom. The molecule has 0 atom stereocenters. The second-order valence-corrected chi connectivity index (χ2v) is 6.99. The van der Waals surface area contributed by atoms with Crippen LogP contribution in [0.4, 0.5) is 0 Å². The average Bonchev–Trinajstić information content (AvgIpc) is 3.24. The van der Waals surface area contributed by atoms with Gasteiger partial charge in [-0.05, 0) is 24.6 Å². The third kappa shape index (κ3) is 3.91. The number of nitrogens with zero attached hydrogens (tertiary/aromatic N) is 5. The molecule has 144 valence electrons. The molecule has 0 amide bonds. The monoisotopic (exact) mass is 383 g/mol. The Bertz CT molecular complexity index is 1140. The zero-order valence-corrected chi connectivity index (χ0v) is 16.6. The van der Waals surface area contributed by atoms with E-state index in [4.69, 9.17) is 4.42 Å². The smallest absolute Gasteiger partial charge is 0.268 e. The number of hydrogen-bond donors (Lipinski definition) is 0. The highest BCUT2D eigenvalue weighted by molar-refractivity contribution is 5.67. The minimum Gasteiger partial charge on any atom is -0.415 e. The minimum atomic E-state index is 0.340. The lowest BCUT2D eigenvalue weighted by atomic mass is 10.1. The van der Waals surface area contributed by atoms with E-state index in [0.717, 1.165) is 28.1 Å². The fraction of sp³-hybridized carbons (Fsp3) is 0.130. The lowest BCUT2D eigenvalue weighted by molar-refractivity contribution is 0.582. The van der Waals surface area contributed by atoms with Crippen molar-refractivity contribution in [2.45, 2.75) is 6.92 Å². The van der Waals surface area contributed by atoms with Crippen LogP contribution in [0.5, 0.6) is 0 Å². The largest absolute Gasteiger partial charge is 0.415 e. The molecule has 0 radical (unpaired) electrons. The minimum absolute atomic E-state index is 0.340. The number of rotatable bonds is 5. The topological polar surface area (TPSA) is 67.9 Å². The van der Waals surface area contributed by atoms with Gasteiger partial charge in [0.15, 0.2) is 0 Å². The van der Waals surface area contributed by atoms with E-state index >= 15 is 0 Å². The van der Waals surface area contributed by atoms with E-state index in [0.29, 0.717) is 17.5 Å². The van der Waals surface area contributed by atoms with Gasteiger partial charge in [0.2, 0.25) is 5.89 Å². The molecule has 0 unspecified atom stereocenters. The maximum atomic E-state index is 5.82. The van der Waals surface area contributed by atoms with Crippen LogP contribution in [0.15, 0.2) is 71.9 Å². The second kappa shape index (κ2) is 7.67. The SMILES string of the molecule is C=C(c1ccc(-c2cncc(-c3nnc(-c4ccc(C)cc4)o3)n2)cc1)N(C)C. The predicted molar refractivity (Wildman–Crippen MR) is 114 cm³/mol. The van der Waals surface area contributed by atoms with Gasteiger partial charge in [0.25, 0.3) is 5.89 Å². The van der Waals surface area contributed by atoms with Crippen LogP contribution in [-0.4, -0.2) is 39.2 Å². The van der Waals surface area contributed by atoms with E-state index < -0.39 is 0 Å². The summed E-state index contributed by atoms with van der Waals surface area (Å²) in [7, 11) is 3.95. The van der Waals surface area contributed by atoms with Gasteiger partial charge in [-0.3, -0.25) is 4.98 Å². The first-order valence-corrected chi connectivity index (χ1v) is 9.21. The Morgan fingerprint density at radius 3 is 2.14 bits per heavy atom. The maximum Gasteiger partial charge on any atom is 0.268 e. The molecular weight excluding hydrogens is 362 g/mol. The highest BCUT2D eigenvalue weighted by Crippen LogP contribution is 2.25. The molecule has 0 N–H and O–H groups in total. The summed E-state index contributed by atoms with van der Waals surface area (Å²) in [5, 5.41) is 8.28. The standard InChI is InChI=1S/C23H21N5O/c1-15-5-7-19(8-6-15)22-26-27-23(29-22)21-14-24-13-20(25-21)18-11-9-17(10-12-18)16(2)28(3)4/h5-14H,2H2,1,3-4H3. The summed E-state index contributed by atoms with van der Waals surface area (Å²) in [5.74, 6) is 0.797. The molecule has 2 aromatic heterocycles. The Morgan fingerprint density at radius 1 is 0.828 bits per heavy atom. The molecule has 2 aromatic carbocycles. The van der Waals surface area contributed by atoms with Gasteiger partial charge in [0, 0.05) is 30.9 Å². The molecule has 0 spiro atoms. The molecule has 6 heteroatoms. The van der Waals surface area contributed by atoms with Crippen molar-refractivity contribution in [1.82, 2.24) is 25.1 Å². The van der Waals surface area contributed by atoms with Crippen LogP contribution in [0.1, 0.15) is 11.1 Å². The third-order valence-electron chi connectivity index (χ3n) is 4.63. The number of benzene rings is 2. The quantitative estimate of drug-likeness (QED) is 0.497. The first kappa shape index (κ1) is 18.6. The summed E-state index contributed by atoms with van der Waals surface area (Å²) < 4.78 is 5.82. The molecule has 0 saturated heterocycles. The van der Waals surface area contributed by atoms with E-state index in [-0.39, 0.29) is 0 Å². The Balaban J connectivity index is 1.61. The molecular formula is C23H21N5O. The van der Waals surface area contributed by atoms with Gasteiger partial charge < -0.3 is 9.32 Å². The number of hydrogen-bond acceptors (Lipinski definition) is 6. The number of aromatic nitrogens is 4. The van der Waals surface area contributed by atoms with Crippen LogP contribution in [0.2, 0.25) is 0 Å². The van der Waals surface area contributed by atoms with E-state index in [1.807, 2.05) is 74.4 Å². The molecule has 0 bridgehead atoms. The maximum absolute atomic E-state index is 5.82. The van der Waals surface area contributed by atoms with Crippen molar-refractivity contribution in [2.24, 2.45) is 0 Å². The van der Waals surface area contributed by atoms with Crippen molar-refractivity contribution in [1.29, 1.82) is 0 Å². The van der Waals surface area contributed by atoms with E-state index in [1.54, 1.807) is 12.4 Å². The summed E-state index contributed by atoms with van der Waals surface area (Å²) in [4.78, 5) is 10.9. The van der Waals surface area contributed by atoms with Crippen molar-refractivity contribution in [3.05, 3.63) is 78.6 Å². The summed E-state index contributed by atoms with van der Waals surface area (Å²) in [6.45, 7) is 6.12.